The van der Waals surface area contributed by atoms with E-state index in [1.807, 2.05) is 24.0 Å². The summed E-state index contributed by atoms with van der Waals surface area (Å²) >= 11 is 0. The van der Waals surface area contributed by atoms with E-state index in [9.17, 15) is 13.2 Å². The zero-order valence-electron chi connectivity index (χ0n) is 17.1. The van der Waals surface area contributed by atoms with Crippen molar-refractivity contribution in [1.29, 1.82) is 0 Å². The summed E-state index contributed by atoms with van der Waals surface area (Å²) in [6.45, 7) is 7.13. The highest BCUT2D eigenvalue weighted by Gasteiger charge is 2.25. The molecule has 1 heterocycles. The Morgan fingerprint density at radius 1 is 1.14 bits per heavy atom. The molecule has 2 aromatic rings. The highest BCUT2D eigenvalue weighted by molar-refractivity contribution is 7.92. The topological polar surface area (TPSA) is 75.7 Å². The third-order valence-corrected chi connectivity index (χ3v) is 6.32. The monoisotopic (exact) mass is 416 g/mol. The number of nitrogens with one attached hydrogen (secondary N) is 1. The van der Waals surface area contributed by atoms with E-state index < -0.39 is 10.0 Å². The van der Waals surface area contributed by atoms with Gasteiger partial charge < -0.3 is 9.64 Å². The van der Waals surface area contributed by atoms with Crippen LogP contribution in [0.4, 0.5) is 11.4 Å². The average molecular weight is 417 g/mol. The molecular formula is C22H28N2O4S. The van der Waals surface area contributed by atoms with Crippen molar-refractivity contribution >= 4 is 27.3 Å². The Morgan fingerprint density at radius 3 is 2.62 bits per heavy atom. The lowest BCUT2D eigenvalue weighted by Crippen LogP contribution is -2.36. The number of rotatable bonds is 8. The molecule has 3 rings (SSSR count). The molecule has 156 valence electrons. The molecule has 29 heavy (non-hydrogen) atoms. The molecule has 1 N–H and O–H groups in total. The van der Waals surface area contributed by atoms with Crippen LogP contribution in [-0.2, 0) is 21.2 Å². The normalized spacial score (nSPS) is 14.1. The molecule has 0 radical (unpaired) electrons. The number of carbonyl (C=O) groups is 1. The molecule has 0 aromatic heterocycles. The summed E-state index contributed by atoms with van der Waals surface area (Å²) < 4.78 is 33.9. The maximum atomic E-state index is 12.9. The molecule has 0 saturated heterocycles. The second kappa shape index (κ2) is 8.86. The molecule has 0 bridgehead atoms. The Hall–Kier alpha value is -2.54. The predicted octanol–water partition coefficient (Wildman–Crippen LogP) is 4.21. The maximum Gasteiger partial charge on any atom is 0.265 e. The van der Waals surface area contributed by atoms with Gasteiger partial charge in [0.15, 0.2) is 0 Å². The number of aryl methyl sites for hydroxylation is 1. The van der Waals surface area contributed by atoms with Gasteiger partial charge in [-0.25, -0.2) is 8.42 Å². The molecule has 0 atom stereocenters. The number of sulfonamides is 1. The van der Waals surface area contributed by atoms with Gasteiger partial charge in [-0.05, 0) is 61.6 Å². The predicted molar refractivity (Wildman–Crippen MR) is 115 cm³/mol. The van der Waals surface area contributed by atoms with Gasteiger partial charge in [0.1, 0.15) is 10.6 Å². The number of carbonyl (C=O) groups excluding carboxylic acids is 1. The first-order valence-electron chi connectivity index (χ1n) is 9.99. The fourth-order valence-corrected chi connectivity index (χ4v) is 4.61. The molecule has 0 aliphatic carbocycles. The minimum absolute atomic E-state index is 0.105. The van der Waals surface area contributed by atoms with Crippen LogP contribution in [0.2, 0.25) is 0 Å². The van der Waals surface area contributed by atoms with Crippen molar-refractivity contribution in [2.45, 2.75) is 44.9 Å². The first-order chi connectivity index (χ1) is 13.8. The summed E-state index contributed by atoms with van der Waals surface area (Å²) in [5.41, 5.74) is 2.33. The van der Waals surface area contributed by atoms with Crippen LogP contribution >= 0.6 is 0 Å². The number of nitrogens with zero attached hydrogens (tertiary/aromatic N) is 1. The number of fused-ring (bicyclic) bond motifs is 1. The quantitative estimate of drug-likeness (QED) is 0.699. The third-order valence-electron chi connectivity index (χ3n) is 4.90. The average Bonchev–Trinajstić information content (AvgIpc) is 2.67. The van der Waals surface area contributed by atoms with Gasteiger partial charge in [0.2, 0.25) is 5.91 Å². The molecule has 0 fully saturated rings. The van der Waals surface area contributed by atoms with E-state index in [1.54, 1.807) is 24.3 Å². The molecule has 1 amide bonds. The van der Waals surface area contributed by atoms with Crippen LogP contribution < -0.4 is 14.4 Å². The van der Waals surface area contributed by atoms with Crippen molar-refractivity contribution < 1.29 is 17.9 Å². The summed E-state index contributed by atoms with van der Waals surface area (Å²) in [6, 6.07) is 11.9. The first-order valence-corrected chi connectivity index (χ1v) is 11.5. The van der Waals surface area contributed by atoms with Crippen molar-refractivity contribution in [3.05, 3.63) is 48.0 Å². The van der Waals surface area contributed by atoms with E-state index >= 15 is 0 Å². The van der Waals surface area contributed by atoms with Crippen molar-refractivity contribution in [2.24, 2.45) is 5.92 Å². The van der Waals surface area contributed by atoms with Crippen molar-refractivity contribution in [3.63, 3.8) is 0 Å². The van der Waals surface area contributed by atoms with Crippen LogP contribution in [0.1, 0.15) is 39.2 Å². The van der Waals surface area contributed by atoms with Crippen LogP contribution in [0, 0.1) is 5.92 Å². The minimum Gasteiger partial charge on any atom is -0.492 e. The largest absolute Gasteiger partial charge is 0.492 e. The summed E-state index contributed by atoms with van der Waals surface area (Å²) in [7, 11) is -3.79. The lowest BCUT2D eigenvalue weighted by Gasteiger charge is -2.30. The SMILES string of the molecule is CCOc1ccccc1S(=O)(=O)Nc1ccc2c(c1)CCC(=O)N2CCC(C)C. The van der Waals surface area contributed by atoms with Crippen LogP contribution in [0.3, 0.4) is 0 Å². The number of hydrogen-bond donors (Lipinski definition) is 1. The number of amides is 1. The first kappa shape index (κ1) is 21.2. The van der Waals surface area contributed by atoms with Crippen molar-refractivity contribution in [3.8, 4) is 5.75 Å². The van der Waals surface area contributed by atoms with Gasteiger partial charge in [-0.1, -0.05) is 26.0 Å². The van der Waals surface area contributed by atoms with E-state index in [0.29, 0.717) is 43.3 Å². The zero-order chi connectivity index (χ0) is 21.0. The van der Waals surface area contributed by atoms with Gasteiger partial charge in [-0.15, -0.1) is 0 Å². The summed E-state index contributed by atoms with van der Waals surface area (Å²) in [4.78, 5) is 14.3. The van der Waals surface area contributed by atoms with Gasteiger partial charge in [0.25, 0.3) is 10.0 Å². The Bertz CT molecular complexity index is 986. The van der Waals surface area contributed by atoms with E-state index in [4.69, 9.17) is 4.74 Å². The maximum absolute atomic E-state index is 12.9. The van der Waals surface area contributed by atoms with E-state index in [1.165, 1.54) is 6.07 Å². The van der Waals surface area contributed by atoms with Gasteiger partial charge in [-0.3, -0.25) is 9.52 Å². The van der Waals surface area contributed by atoms with Gasteiger partial charge in [0, 0.05) is 24.3 Å². The van der Waals surface area contributed by atoms with Gasteiger partial charge in [-0.2, -0.15) is 0 Å². The van der Waals surface area contributed by atoms with Crippen LogP contribution in [0.5, 0.6) is 5.75 Å². The van der Waals surface area contributed by atoms with E-state index in [2.05, 4.69) is 18.6 Å². The molecule has 0 saturated carbocycles. The standard InChI is InChI=1S/C22H28N2O4S/c1-4-28-20-7-5-6-8-21(20)29(26,27)23-18-10-11-19-17(15-18)9-12-22(25)24(19)14-13-16(2)3/h5-8,10-11,15-16,23H,4,9,12-14H2,1-3H3. The molecule has 7 heteroatoms. The van der Waals surface area contributed by atoms with Crippen molar-refractivity contribution in [1.82, 2.24) is 0 Å². The van der Waals surface area contributed by atoms with Gasteiger partial charge in [0.05, 0.1) is 6.61 Å². The van der Waals surface area contributed by atoms with Gasteiger partial charge >= 0.3 is 0 Å². The number of anilines is 2. The highest BCUT2D eigenvalue weighted by atomic mass is 32.2. The highest BCUT2D eigenvalue weighted by Crippen LogP contribution is 2.32. The Balaban J connectivity index is 1.86. The molecular weight excluding hydrogens is 388 g/mol. The lowest BCUT2D eigenvalue weighted by molar-refractivity contribution is -0.118. The second-order valence-electron chi connectivity index (χ2n) is 7.56. The van der Waals surface area contributed by atoms with Crippen molar-refractivity contribution in [2.75, 3.05) is 22.8 Å². The summed E-state index contributed by atoms with van der Waals surface area (Å²) in [6.07, 6.45) is 1.97. The van der Waals surface area contributed by atoms with E-state index in [0.717, 1.165) is 17.7 Å². The molecule has 0 unspecified atom stereocenters. The third kappa shape index (κ3) is 4.90. The second-order valence-corrected chi connectivity index (χ2v) is 9.21. The van der Waals surface area contributed by atoms with Crippen LogP contribution in [-0.4, -0.2) is 27.5 Å². The number of benzene rings is 2. The number of ether oxygens (including phenoxy) is 1. The zero-order valence-corrected chi connectivity index (χ0v) is 18.0. The Kier molecular flexibility index (Phi) is 6.47. The molecule has 1 aliphatic heterocycles. The van der Waals surface area contributed by atoms with Crippen LogP contribution in [0.25, 0.3) is 0 Å². The molecule has 6 nitrogen and oxygen atoms in total. The van der Waals surface area contributed by atoms with E-state index in [-0.39, 0.29) is 10.8 Å². The lowest BCUT2D eigenvalue weighted by atomic mass is 9.99. The fraction of sp³-hybridized carbons (Fsp3) is 0.409. The molecule has 0 spiro atoms. The minimum atomic E-state index is -3.79. The molecule has 1 aliphatic rings. The fourth-order valence-electron chi connectivity index (χ4n) is 3.41. The smallest absolute Gasteiger partial charge is 0.265 e. The Morgan fingerprint density at radius 2 is 1.90 bits per heavy atom. The summed E-state index contributed by atoms with van der Waals surface area (Å²) in [5.74, 6) is 0.952. The Labute approximate surface area is 172 Å². The molecule has 2 aromatic carbocycles. The number of para-hydroxylation sites is 1. The summed E-state index contributed by atoms with van der Waals surface area (Å²) in [5, 5.41) is 0. The van der Waals surface area contributed by atoms with Crippen LogP contribution in [0.15, 0.2) is 47.4 Å². The number of hydrogen-bond acceptors (Lipinski definition) is 4.